The standard InChI is InChI=1S/C40H25NO2/c1-2-13-27(14-3-1)41(34-20-11-23-37-39(34)32-25-24-26-12-4-5-15-28(26)40(32)43-37)33-19-8-6-16-29(33)30-18-10-22-36-38(30)31-17-7-9-21-35(31)42-36/h1-25H. The summed E-state index contributed by atoms with van der Waals surface area (Å²) < 4.78 is 12.9. The van der Waals surface area contributed by atoms with Crippen LogP contribution in [0.4, 0.5) is 17.1 Å². The summed E-state index contributed by atoms with van der Waals surface area (Å²) in [4.78, 5) is 2.36. The predicted molar refractivity (Wildman–Crippen MR) is 179 cm³/mol. The van der Waals surface area contributed by atoms with Crippen molar-refractivity contribution in [2.45, 2.75) is 0 Å². The molecule has 0 amide bonds. The summed E-state index contributed by atoms with van der Waals surface area (Å²) in [5.74, 6) is 0. The lowest BCUT2D eigenvalue weighted by molar-refractivity contribution is 0.669. The first-order valence-electron chi connectivity index (χ1n) is 14.5. The molecule has 2 aromatic heterocycles. The van der Waals surface area contributed by atoms with Gasteiger partial charge >= 0.3 is 0 Å². The van der Waals surface area contributed by atoms with Crippen LogP contribution in [-0.4, -0.2) is 0 Å². The zero-order valence-electron chi connectivity index (χ0n) is 23.2. The lowest BCUT2D eigenvalue weighted by atomic mass is 9.96. The van der Waals surface area contributed by atoms with Gasteiger partial charge in [0.25, 0.3) is 0 Å². The van der Waals surface area contributed by atoms with Crippen molar-refractivity contribution in [3.05, 3.63) is 152 Å². The Bertz CT molecular complexity index is 2470. The molecule has 43 heavy (non-hydrogen) atoms. The number of nitrogens with zero attached hydrogens (tertiary/aromatic N) is 1. The van der Waals surface area contributed by atoms with Crippen LogP contribution in [-0.2, 0) is 0 Å². The molecule has 9 aromatic rings. The third-order valence-electron chi connectivity index (χ3n) is 8.46. The van der Waals surface area contributed by atoms with Crippen molar-refractivity contribution < 1.29 is 8.83 Å². The Morgan fingerprint density at radius 1 is 0.372 bits per heavy atom. The highest BCUT2D eigenvalue weighted by Gasteiger charge is 2.23. The first-order chi connectivity index (χ1) is 21.3. The zero-order valence-corrected chi connectivity index (χ0v) is 23.2. The van der Waals surface area contributed by atoms with Crippen molar-refractivity contribution in [1.82, 2.24) is 0 Å². The number of anilines is 3. The van der Waals surface area contributed by atoms with Gasteiger partial charge in [-0.05, 0) is 59.5 Å². The summed E-state index contributed by atoms with van der Waals surface area (Å²) in [6.45, 7) is 0. The lowest BCUT2D eigenvalue weighted by Gasteiger charge is -2.28. The summed E-state index contributed by atoms with van der Waals surface area (Å²) >= 11 is 0. The number of hydrogen-bond acceptors (Lipinski definition) is 3. The summed E-state index contributed by atoms with van der Waals surface area (Å²) in [6.07, 6.45) is 0. The monoisotopic (exact) mass is 551 g/mol. The molecule has 0 aliphatic carbocycles. The van der Waals surface area contributed by atoms with Gasteiger partial charge in [-0.3, -0.25) is 0 Å². The molecule has 0 unspecified atom stereocenters. The SMILES string of the molecule is c1ccc(N(c2ccccc2-c2cccc3oc4ccccc4c23)c2cccc3oc4c5ccccc5ccc4c23)cc1. The predicted octanol–water partition coefficient (Wildman–Crippen LogP) is 11.8. The van der Waals surface area contributed by atoms with E-state index in [1.165, 1.54) is 5.39 Å². The van der Waals surface area contributed by atoms with Crippen molar-refractivity contribution in [2.24, 2.45) is 0 Å². The maximum Gasteiger partial charge on any atom is 0.143 e. The Hall–Kier alpha value is -5.80. The number of rotatable bonds is 4. The van der Waals surface area contributed by atoms with Gasteiger partial charge in [-0.1, -0.05) is 103 Å². The number of para-hydroxylation sites is 3. The molecule has 9 rings (SSSR count). The van der Waals surface area contributed by atoms with Gasteiger partial charge in [-0.25, -0.2) is 0 Å². The highest BCUT2D eigenvalue weighted by molar-refractivity contribution is 6.20. The Morgan fingerprint density at radius 2 is 1.02 bits per heavy atom. The number of furan rings is 2. The van der Waals surface area contributed by atoms with E-state index in [4.69, 9.17) is 8.83 Å². The molecule has 2 heterocycles. The molecule has 202 valence electrons. The van der Waals surface area contributed by atoms with Gasteiger partial charge < -0.3 is 13.7 Å². The normalized spacial score (nSPS) is 11.7. The van der Waals surface area contributed by atoms with E-state index < -0.39 is 0 Å². The second-order valence-electron chi connectivity index (χ2n) is 10.9. The molecule has 0 spiro atoms. The van der Waals surface area contributed by atoms with Crippen molar-refractivity contribution in [1.29, 1.82) is 0 Å². The number of fused-ring (bicyclic) bond motifs is 8. The Balaban J connectivity index is 1.37. The van der Waals surface area contributed by atoms with Crippen LogP contribution in [0.5, 0.6) is 0 Å². The first-order valence-corrected chi connectivity index (χ1v) is 14.5. The fraction of sp³-hybridized carbons (Fsp3) is 0. The Labute approximate surface area is 247 Å². The molecule has 0 atom stereocenters. The zero-order chi connectivity index (χ0) is 28.3. The van der Waals surface area contributed by atoms with Crippen molar-refractivity contribution in [2.75, 3.05) is 4.90 Å². The maximum atomic E-state index is 6.60. The largest absolute Gasteiger partial charge is 0.456 e. The topological polar surface area (TPSA) is 29.5 Å². The number of hydrogen-bond donors (Lipinski definition) is 0. The van der Waals surface area contributed by atoms with E-state index in [2.05, 4.69) is 144 Å². The van der Waals surface area contributed by atoms with E-state index in [-0.39, 0.29) is 0 Å². The van der Waals surface area contributed by atoms with Gasteiger partial charge in [0, 0.05) is 32.8 Å². The van der Waals surface area contributed by atoms with Gasteiger partial charge in [0.2, 0.25) is 0 Å². The quantitative estimate of drug-likeness (QED) is 0.218. The third kappa shape index (κ3) is 3.62. The molecule has 7 aromatic carbocycles. The van der Waals surface area contributed by atoms with Crippen molar-refractivity contribution in [3.63, 3.8) is 0 Å². The minimum Gasteiger partial charge on any atom is -0.456 e. The van der Waals surface area contributed by atoms with Crippen LogP contribution in [0.15, 0.2) is 160 Å². The molecule has 0 aliphatic heterocycles. The molecular weight excluding hydrogens is 526 g/mol. The van der Waals surface area contributed by atoms with Crippen LogP contribution in [0, 0.1) is 0 Å². The second-order valence-corrected chi connectivity index (χ2v) is 10.9. The molecule has 0 N–H and O–H groups in total. The summed E-state index contributed by atoms with van der Waals surface area (Å²) in [6, 6.07) is 53.0. The minimum absolute atomic E-state index is 0.866. The third-order valence-corrected chi connectivity index (χ3v) is 8.46. The minimum atomic E-state index is 0.866. The van der Waals surface area contributed by atoms with E-state index in [0.29, 0.717) is 0 Å². The summed E-state index contributed by atoms with van der Waals surface area (Å²) in [5, 5.41) is 6.72. The fourth-order valence-corrected chi connectivity index (χ4v) is 6.60. The summed E-state index contributed by atoms with van der Waals surface area (Å²) in [5.41, 5.74) is 9.03. The van der Waals surface area contributed by atoms with Crippen LogP contribution < -0.4 is 4.90 Å². The van der Waals surface area contributed by atoms with Crippen LogP contribution in [0.2, 0.25) is 0 Å². The highest BCUT2D eigenvalue weighted by atomic mass is 16.3. The van der Waals surface area contributed by atoms with Crippen molar-refractivity contribution in [3.8, 4) is 11.1 Å². The Kier molecular flexibility index (Phi) is 5.20. The first kappa shape index (κ1) is 23.9. The van der Waals surface area contributed by atoms with Crippen LogP contribution >= 0.6 is 0 Å². The lowest BCUT2D eigenvalue weighted by Crippen LogP contribution is -2.11. The maximum absolute atomic E-state index is 6.60. The van der Waals surface area contributed by atoms with Crippen LogP contribution in [0.25, 0.3) is 65.8 Å². The van der Waals surface area contributed by atoms with Gasteiger partial charge in [-0.15, -0.1) is 0 Å². The van der Waals surface area contributed by atoms with Gasteiger partial charge in [0.1, 0.15) is 22.3 Å². The molecule has 0 radical (unpaired) electrons. The molecule has 0 saturated carbocycles. The average molecular weight is 552 g/mol. The molecule has 0 aliphatic rings. The van der Waals surface area contributed by atoms with Crippen LogP contribution in [0.1, 0.15) is 0 Å². The smallest absolute Gasteiger partial charge is 0.143 e. The van der Waals surface area contributed by atoms with Gasteiger partial charge in [0.15, 0.2) is 0 Å². The fourth-order valence-electron chi connectivity index (χ4n) is 6.60. The molecular formula is C40H25NO2. The number of benzene rings is 7. The summed E-state index contributed by atoms with van der Waals surface area (Å²) in [7, 11) is 0. The van der Waals surface area contributed by atoms with E-state index >= 15 is 0 Å². The molecule has 0 bridgehead atoms. The molecule has 3 heteroatoms. The Morgan fingerprint density at radius 3 is 1.93 bits per heavy atom. The molecule has 3 nitrogen and oxygen atoms in total. The van der Waals surface area contributed by atoms with E-state index in [9.17, 15) is 0 Å². The molecule has 0 fully saturated rings. The van der Waals surface area contributed by atoms with E-state index in [0.717, 1.165) is 77.5 Å². The van der Waals surface area contributed by atoms with Gasteiger partial charge in [0.05, 0.1) is 16.8 Å². The molecule has 0 saturated heterocycles. The van der Waals surface area contributed by atoms with Crippen LogP contribution in [0.3, 0.4) is 0 Å². The van der Waals surface area contributed by atoms with Gasteiger partial charge in [-0.2, -0.15) is 0 Å². The highest BCUT2D eigenvalue weighted by Crippen LogP contribution is 2.48. The van der Waals surface area contributed by atoms with Crippen molar-refractivity contribution >= 4 is 71.7 Å². The average Bonchev–Trinajstić information content (AvgIpc) is 3.65. The van der Waals surface area contributed by atoms with E-state index in [1.807, 2.05) is 12.1 Å². The second kappa shape index (κ2) is 9.37. The van der Waals surface area contributed by atoms with E-state index in [1.54, 1.807) is 0 Å².